The largest absolute Gasteiger partial charge is 0.573 e. The highest BCUT2D eigenvalue weighted by atomic mass is 19.4. The molecule has 2 aliphatic rings. The van der Waals surface area contributed by atoms with Gasteiger partial charge in [-0.1, -0.05) is 0 Å². The zero-order chi connectivity index (χ0) is 29.3. The van der Waals surface area contributed by atoms with Gasteiger partial charge in [-0.25, -0.2) is 4.79 Å². The molecule has 2 aromatic heterocycles. The molecule has 1 aliphatic heterocycles. The van der Waals surface area contributed by atoms with Gasteiger partial charge in [0.2, 0.25) is 5.91 Å². The van der Waals surface area contributed by atoms with Crippen molar-refractivity contribution in [2.24, 2.45) is 0 Å². The van der Waals surface area contributed by atoms with Crippen LogP contribution in [0, 0.1) is 0 Å². The lowest BCUT2D eigenvalue weighted by atomic mass is 10.2. The fraction of sp³-hybridized carbons (Fsp3) is 0.346. The molecular formula is C26H25F3N6O6. The van der Waals surface area contributed by atoms with Crippen LogP contribution >= 0.6 is 0 Å². The van der Waals surface area contributed by atoms with Crippen LogP contribution in [0.15, 0.2) is 52.2 Å². The van der Waals surface area contributed by atoms with Crippen LogP contribution in [0.5, 0.6) is 5.75 Å². The summed E-state index contributed by atoms with van der Waals surface area (Å²) in [4.78, 5) is 53.0. The Labute approximate surface area is 230 Å². The fourth-order valence-electron chi connectivity index (χ4n) is 4.92. The summed E-state index contributed by atoms with van der Waals surface area (Å²) in [5, 5.41) is 16.5. The highest BCUT2D eigenvalue weighted by molar-refractivity contribution is 5.76. The average molecular weight is 575 g/mol. The molecule has 0 atom stereocenters. The molecule has 1 saturated heterocycles. The fourth-order valence-corrected chi connectivity index (χ4v) is 4.92. The average Bonchev–Trinajstić information content (AvgIpc) is 3.43. The first-order valence-electron chi connectivity index (χ1n) is 12.7. The van der Waals surface area contributed by atoms with Crippen LogP contribution in [-0.2, 0) is 24.2 Å². The molecule has 12 nitrogen and oxygen atoms in total. The van der Waals surface area contributed by atoms with E-state index in [4.69, 9.17) is 5.11 Å². The number of halogens is 3. The third-order valence-electron chi connectivity index (χ3n) is 6.95. The Bertz CT molecular complexity index is 1590. The van der Waals surface area contributed by atoms with Crippen LogP contribution in [-0.4, -0.2) is 73.8 Å². The van der Waals surface area contributed by atoms with Crippen LogP contribution < -0.4 is 21.2 Å². The van der Waals surface area contributed by atoms with Gasteiger partial charge in [0.25, 0.3) is 11.1 Å². The van der Waals surface area contributed by atoms with Gasteiger partial charge in [0, 0.05) is 43.5 Å². The van der Waals surface area contributed by atoms with E-state index in [0.717, 1.165) is 16.8 Å². The summed E-state index contributed by atoms with van der Waals surface area (Å²) in [6.07, 6.45) is -2.74. The Kier molecular flexibility index (Phi) is 7.43. The van der Waals surface area contributed by atoms with E-state index >= 15 is 0 Å². The predicted octanol–water partition coefficient (Wildman–Crippen LogP) is 2.35. The zero-order valence-corrected chi connectivity index (χ0v) is 21.6. The Hall–Kier alpha value is -4.82. The lowest BCUT2D eigenvalue weighted by Crippen LogP contribution is -2.51. The van der Waals surface area contributed by atoms with Gasteiger partial charge in [-0.15, -0.1) is 18.3 Å². The lowest BCUT2D eigenvalue weighted by Gasteiger charge is -2.33. The van der Waals surface area contributed by atoms with Gasteiger partial charge >= 0.3 is 12.5 Å². The topological polar surface area (TPSA) is 139 Å². The van der Waals surface area contributed by atoms with E-state index in [1.807, 2.05) is 0 Å². The minimum absolute atomic E-state index is 0.108. The number of hydrogen-bond acceptors (Lipinski definition) is 7. The number of carbonyl (C=O) groups excluding carboxylic acids is 1. The molecule has 0 saturated carbocycles. The Morgan fingerprint density at radius 1 is 0.951 bits per heavy atom. The van der Waals surface area contributed by atoms with Gasteiger partial charge in [-0.3, -0.25) is 14.4 Å². The van der Waals surface area contributed by atoms with Crippen molar-refractivity contribution in [3.05, 3.63) is 74.4 Å². The number of nitrogens with one attached hydrogen (secondary N) is 1. The van der Waals surface area contributed by atoms with E-state index in [1.54, 1.807) is 6.07 Å². The van der Waals surface area contributed by atoms with E-state index in [1.165, 1.54) is 38.8 Å². The van der Waals surface area contributed by atoms with Gasteiger partial charge < -0.3 is 29.5 Å². The Morgan fingerprint density at radius 3 is 2.27 bits per heavy atom. The third kappa shape index (κ3) is 6.02. The first-order chi connectivity index (χ1) is 19.5. The molecule has 2 amide bonds. The first kappa shape index (κ1) is 27.7. The summed E-state index contributed by atoms with van der Waals surface area (Å²) in [6.45, 7) is 0.556. The van der Waals surface area contributed by atoms with Crippen LogP contribution in [0.2, 0.25) is 0 Å². The number of piperazine rings is 1. The number of pyridine rings is 1. The quantitative estimate of drug-likeness (QED) is 0.458. The van der Waals surface area contributed by atoms with Crippen molar-refractivity contribution in [2.45, 2.75) is 32.2 Å². The molecule has 3 heterocycles. The monoisotopic (exact) mass is 574 g/mol. The maximum Gasteiger partial charge on any atom is 0.573 e. The Balaban J connectivity index is 1.39. The highest BCUT2D eigenvalue weighted by Crippen LogP contribution is 2.28. The van der Waals surface area contributed by atoms with Gasteiger partial charge in [0.1, 0.15) is 18.0 Å². The number of nitrogens with zero attached hydrogens (tertiary/aromatic N) is 5. The maximum atomic E-state index is 13.2. The molecule has 0 bridgehead atoms. The van der Waals surface area contributed by atoms with Crippen molar-refractivity contribution in [1.29, 1.82) is 0 Å². The summed E-state index contributed by atoms with van der Waals surface area (Å²) in [5.74, 6) is -0.532. The summed E-state index contributed by atoms with van der Waals surface area (Å²) in [7, 11) is 0. The second kappa shape index (κ2) is 11.0. The summed E-state index contributed by atoms with van der Waals surface area (Å²) >= 11 is 0. The Morgan fingerprint density at radius 2 is 1.61 bits per heavy atom. The van der Waals surface area contributed by atoms with Gasteiger partial charge in [-0.2, -0.15) is 4.68 Å². The van der Waals surface area contributed by atoms with Crippen molar-refractivity contribution in [3.63, 3.8) is 0 Å². The van der Waals surface area contributed by atoms with Crippen molar-refractivity contribution >= 4 is 23.5 Å². The van der Waals surface area contributed by atoms with Crippen LogP contribution in [0.1, 0.15) is 17.5 Å². The van der Waals surface area contributed by atoms with Crippen LogP contribution in [0.25, 0.3) is 5.69 Å². The number of anilines is 2. The van der Waals surface area contributed by atoms with E-state index in [9.17, 15) is 32.3 Å². The number of ether oxygens (including phenoxy) is 1. The molecule has 216 valence electrons. The van der Waals surface area contributed by atoms with E-state index in [2.05, 4.69) is 15.2 Å². The molecule has 1 aliphatic carbocycles. The lowest BCUT2D eigenvalue weighted by molar-refractivity contribution is -0.274. The number of amides is 2. The van der Waals surface area contributed by atoms with Gasteiger partial charge in [-0.05, 0) is 55.7 Å². The molecule has 1 aromatic carbocycles. The number of carboxylic acid groups (broad SMARTS) is 1. The van der Waals surface area contributed by atoms with Crippen LogP contribution in [0.4, 0.5) is 29.5 Å². The number of aromatic nitrogens is 3. The number of hydrogen-bond donors (Lipinski definition) is 2. The summed E-state index contributed by atoms with van der Waals surface area (Å²) < 4.78 is 43.8. The minimum Gasteiger partial charge on any atom is -0.465 e. The smallest absolute Gasteiger partial charge is 0.465 e. The van der Waals surface area contributed by atoms with E-state index in [-0.39, 0.29) is 55.8 Å². The number of rotatable bonds is 6. The molecule has 0 unspecified atom stereocenters. The van der Waals surface area contributed by atoms with Gasteiger partial charge in [0.15, 0.2) is 5.82 Å². The van der Waals surface area contributed by atoms with Crippen molar-refractivity contribution in [2.75, 3.05) is 31.5 Å². The third-order valence-corrected chi connectivity index (χ3v) is 6.95. The van der Waals surface area contributed by atoms with Crippen molar-refractivity contribution in [3.8, 4) is 11.4 Å². The molecule has 15 heteroatoms. The standard InChI is InChI=1S/C26H25F3N6O6/c27-26(28,29)41-17-8-6-16(7-9-17)35-23(37)19-4-1-3-18(19)22(31-35)30-20-5-2-10-34(24(20)38)15-21(36)32-11-13-33(14-12-32)25(39)40/h2,5-10H,1,3-4,11-15H2,(H,30,31)(H,39,40). The molecule has 3 aromatic rings. The van der Waals surface area contributed by atoms with E-state index < -0.39 is 29.3 Å². The van der Waals surface area contributed by atoms with Crippen LogP contribution in [0.3, 0.4) is 0 Å². The van der Waals surface area contributed by atoms with Gasteiger partial charge in [0.05, 0.1) is 5.69 Å². The normalized spacial score (nSPS) is 15.0. The second-order valence-electron chi connectivity index (χ2n) is 9.55. The molecule has 0 spiro atoms. The maximum absolute atomic E-state index is 13.2. The summed E-state index contributed by atoms with van der Waals surface area (Å²) in [6, 6.07) is 7.79. The molecule has 5 rings (SSSR count). The molecule has 2 N–H and O–H groups in total. The SMILES string of the molecule is O=C(O)N1CCN(C(=O)Cn2cccc(Nc3nn(-c4ccc(OC(F)(F)F)cc4)c(=O)c4c3CCC4)c2=O)CC1. The molecule has 41 heavy (non-hydrogen) atoms. The zero-order valence-electron chi connectivity index (χ0n) is 21.6. The predicted molar refractivity (Wildman–Crippen MR) is 139 cm³/mol. The number of fused-ring (bicyclic) bond motifs is 1. The van der Waals surface area contributed by atoms with Crippen molar-refractivity contribution in [1.82, 2.24) is 24.1 Å². The number of benzene rings is 1. The first-order valence-corrected chi connectivity index (χ1v) is 12.7. The van der Waals surface area contributed by atoms with E-state index in [0.29, 0.717) is 30.4 Å². The summed E-state index contributed by atoms with van der Waals surface area (Å²) in [5.41, 5.74) is 0.533. The molecule has 1 fully saturated rings. The molecule has 0 radical (unpaired) electrons. The molecular weight excluding hydrogens is 549 g/mol. The number of carbonyl (C=O) groups is 2. The van der Waals surface area contributed by atoms with Crippen molar-refractivity contribution < 1.29 is 32.6 Å². The number of alkyl halides is 3. The highest BCUT2D eigenvalue weighted by Gasteiger charge is 2.31. The second-order valence-corrected chi connectivity index (χ2v) is 9.55. The minimum atomic E-state index is -4.86.